The van der Waals surface area contributed by atoms with Gasteiger partial charge in [0.15, 0.2) is 0 Å². The first-order valence-corrected chi connectivity index (χ1v) is 7.46. The zero-order chi connectivity index (χ0) is 15.1. The van der Waals surface area contributed by atoms with Crippen molar-refractivity contribution >= 4 is 12.3 Å². The zero-order valence-corrected chi connectivity index (χ0v) is 12.6. The molecule has 4 bridgehead atoms. The maximum Gasteiger partial charge on any atom is 0.508 e. The van der Waals surface area contributed by atoms with Crippen molar-refractivity contribution in [3.63, 3.8) is 0 Å². The molecule has 0 heterocycles. The minimum atomic E-state index is -0.645. The topological polar surface area (TPSA) is 71.1 Å². The second-order valence-electron chi connectivity index (χ2n) is 6.94. The van der Waals surface area contributed by atoms with E-state index in [1.807, 2.05) is 0 Å². The standard InChI is InChI=1S/C15H22O6/c1-18-12(16)20-9-14-4-10-3-11(5-14)7-15(6-10,8-14)21-13(17)19-2/h10-11H,3-9H2,1-2H3. The van der Waals surface area contributed by atoms with E-state index in [9.17, 15) is 9.59 Å². The lowest BCUT2D eigenvalue weighted by molar-refractivity contribution is -0.184. The summed E-state index contributed by atoms with van der Waals surface area (Å²) in [6.45, 7) is 0.346. The summed E-state index contributed by atoms with van der Waals surface area (Å²) >= 11 is 0. The molecule has 2 atom stereocenters. The van der Waals surface area contributed by atoms with Gasteiger partial charge in [0.05, 0.1) is 14.2 Å². The van der Waals surface area contributed by atoms with Crippen molar-refractivity contribution < 1.29 is 28.5 Å². The summed E-state index contributed by atoms with van der Waals surface area (Å²) in [6.07, 6.45) is 4.55. The van der Waals surface area contributed by atoms with E-state index in [1.54, 1.807) is 0 Å². The maximum absolute atomic E-state index is 11.6. The van der Waals surface area contributed by atoms with Crippen molar-refractivity contribution in [1.82, 2.24) is 0 Å². The highest BCUT2D eigenvalue weighted by atomic mass is 16.7. The van der Waals surface area contributed by atoms with Crippen molar-refractivity contribution in [2.45, 2.75) is 44.1 Å². The Labute approximate surface area is 124 Å². The molecule has 21 heavy (non-hydrogen) atoms. The van der Waals surface area contributed by atoms with E-state index in [0.717, 1.165) is 32.1 Å². The van der Waals surface area contributed by atoms with Crippen molar-refractivity contribution in [2.75, 3.05) is 20.8 Å². The first kappa shape index (κ1) is 14.5. The van der Waals surface area contributed by atoms with Gasteiger partial charge in [0.25, 0.3) is 0 Å². The van der Waals surface area contributed by atoms with Crippen LogP contribution in [0.1, 0.15) is 38.5 Å². The lowest BCUT2D eigenvalue weighted by Gasteiger charge is -2.60. The normalized spacial score (nSPS) is 39.7. The molecule has 4 aliphatic rings. The predicted octanol–water partition coefficient (Wildman–Crippen LogP) is 2.89. The van der Waals surface area contributed by atoms with Gasteiger partial charge in [0.1, 0.15) is 12.2 Å². The Hall–Kier alpha value is -1.46. The van der Waals surface area contributed by atoms with Crippen LogP contribution < -0.4 is 0 Å². The third-order valence-corrected chi connectivity index (χ3v) is 5.26. The van der Waals surface area contributed by atoms with Gasteiger partial charge in [-0.15, -0.1) is 0 Å². The lowest BCUT2D eigenvalue weighted by atomic mass is 9.48. The highest BCUT2D eigenvalue weighted by Gasteiger charge is 2.60. The molecule has 0 aliphatic heterocycles. The number of methoxy groups -OCH3 is 2. The lowest BCUT2D eigenvalue weighted by Crippen LogP contribution is -2.58. The van der Waals surface area contributed by atoms with E-state index < -0.39 is 17.9 Å². The molecule has 0 aromatic rings. The fraction of sp³-hybridized carbons (Fsp3) is 0.867. The fourth-order valence-electron chi connectivity index (χ4n) is 5.14. The van der Waals surface area contributed by atoms with E-state index in [4.69, 9.17) is 9.47 Å². The summed E-state index contributed by atoms with van der Waals surface area (Å²) in [5.41, 5.74) is -0.511. The molecule has 2 unspecified atom stereocenters. The minimum absolute atomic E-state index is 0.0771. The number of hydrogen-bond donors (Lipinski definition) is 0. The van der Waals surface area contributed by atoms with Crippen LogP contribution in [0.15, 0.2) is 0 Å². The van der Waals surface area contributed by atoms with Gasteiger partial charge in [0.2, 0.25) is 0 Å². The molecule has 0 saturated heterocycles. The molecular weight excluding hydrogens is 276 g/mol. The number of carbonyl (C=O) groups excluding carboxylic acids is 2. The molecule has 0 radical (unpaired) electrons. The summed E-state index contributed by atoms with van der Waals surface area (Å²) in [4.78, 5) is 22.8. The molecule has 4 aliphatic carbocycles. The highest BCUT2D eigenvalue weighted by Crippen LogP contribution is 2.62. The van der Waals surface area contributed by atoms with E-state index in [2.05, 4.69) is 9.47 Å². The summed E-state index contributed by atoms with van der Waals surface area (Å²) in [7, 11) is 2.64. The average Bonchev–Trinajstić information content (AvgIpc) is 2.42. The molecule has 0 spiro atoms. The van der Waals surface area contributed by atoms with Crippen molar-refractivity contribution in [3.05, 3.63) is 0 Å². The fourth-order valence-corrected chi connectivity index (χ4v) is 5.14. The Kier molecular flexibility index (Phi) is 3.50. The molecule has 6 heteroatoms. The van der Waals surface area contributed by atoms with Crippen LogP contribution in [0, 0.1) is 17.3 Å². The Balaban J connectivity index is 1.74. The van der Waals surface area contributed by atoms with E-state index in [-0.39, 0.29) is 5.41 Å². The molecule has 4 rings (SSSR count). The molecule has 0 aromatic carbocycles. The maximum atomic E-state index is 11.6. The molecule has 118 valence electrons. The summed E-state index contributed by atoms with van der Waals surface area (Å²) in [6, 6.07) is 0. The molecule has 6 nitrogen and oxygen atoms in total. The first-order valence-electron chi connectivity index (χ1n) is 7.46. The third-order valence-electron chi connectivity index (χ3n) is 5.26. The molecule has 0 aromatic heterocycles. The second-order valence-corrected chi connectivity index (χ2v) is 6.94. The van der Waals surface area contributed by atoms with Gasteiger partial charge in [-0.25, -0.2) is 9.59 Å². The van der Waals surface area contributed by atoms with Gasteiger partial charge < -0.3 is 18.9 Å². The van der Waals surface area contributed by atoms with Crippen LogP contribution in [-0.4, -0.2) is 38.7 Å². The smallest absolute Gasteiger partial charge is 0.438 e. The van der Waals surface area contributed by atoms with Gasteiger partial charge in [0, 0.05) is 5.41 Å². The van der Waals surface area contributed by atoms with Crippen LogP contribution >= 0.6 is 0 Å². The largest absolute Gasteiger partial charge is 0.508 e. The van der Waals surface area contributed by atoms with Gasteiger partial charge >= 0.3 is 12.3 Å². The number of rotatable bonds is 3. The van der Waals surface area contributed by atoms with Crippen LogP contribution in [0.25, 0.3) is 0 Å². The SMILES string of the molecule is COC(=O)OCC12CC3CC(C1)CC(OC(=O)OC)(C3)C2. The van der Waals surface area contributed by atoms with E-state index >= 15 is 0 Å². The van der Waals surface area contributed by atoms with Crippen molar-refractivity contribution in [1.29, 1.82) is 0 Å². The predicted molar refractivity (Wildman–Crippen MR) is 71.7 cm³/mol. The molecule has 0 N–H and O–H groups in total. The van der Waals surface area contributed by atoms with Crippen LogP contribution in [-0.2, 0) is 18.9 Å². The third kappa shape index (κ3) is 2.68. The molecule has 0 amide bonds. The quantitative estimate of drug-likeness (QED) is 0.746. The van der Waals surface area contributed by atoms with E-state index in [0.29, 0.717) is 18.4 Å². The Bertz CT molecular complexity index is 431. The van der Waals surface area contributed by atoms with Gasteiger partial charge in [-0.3, -0.25) is 0 Å². The number of hydrogen-bond acceptors (Lipinski definition) is 6. The summed E-state index contributed by atoms with van der Waals surface area (Å²) < 4.78 is 20.1. The Morgan fingerprint density at radius 2 is 1.62 bits per heavy atom. The summed E-state index contributed by atoms with van der Waals surface area (Å²) in [5.74, 6) is 1.08. The van der Waals surface area contributed by atoms with Gasteiger partial charge in [-0.1, -0.05) is 0 Å². The Morgan fingerprint density at radius 3 is 2.19 bits per heavy atom. The van der Waals surface area contributed by atoms with Crippen LogP contribution in [0.5, 0.6) is 0 Å². The second kappa shape index (κ2) is 5.07. The highest BCUT2D eigenvalue weighted by molar-refractivity contribution is 5.60. The van der Waals surface area contributed by atoms with Gasteiger partial charge in [-0.05, 0) is 50.4 Å². The van der Waals surface area contributed by atoms with Gasteiger partial charge in [-0.2, -0.15) is 0 Å². The number of ether oxygens (including phenoxy) is 4. The van der Waals surface area contributed by atoms with Crippen molar-refractivity contribution in [3.8, 4) is 0 Å². The monoisotopic (exact) mass is 298 g/mol. The minimum Gasteiger partial charge on any atom is -0.438 e. The Morgan fingerprint density at radius 1 is 1.00 bits per heavy atom. The number of carbonyl (C=O) groups is 2. The molecule has 4 fully saturated rings. The molecule has 4 saturated carbocycles. The average molecular weight is 298 g/mol. The van der Waals surface area contributed by atoms with E-state index in [1.165, 1.54) is 20.6 Å². The summed E-state index contributed by atoms with van der Waals surface area (Å²) in [5, 5.41) is 0. The molecular formula is C15H22O6. The van der Waals surface area contributed by atoms with Crippen molar-refractivity contribution in [2.24, 2.45) is 17.3 Å². The van der Waals surface area contributed by atoms with Crippen LogP contribution in [0.3, 0.4) is 0 Å². The first-order chi connectivity index (χ1) is 9.98. The van der Waals surface area contributed by atoms with Crippen LogP contribution in [0.2, 0.25) is 0 Å². The zero-order valence-electron chi connectivity index (χ0n) is 12.6. The van der Waals surface area contributed by atoms with Crippen LogP contribution in [0.4, 0.5) is 9.59 Å².